The number of hydrogen-bond donors (Lipinski definition) is 0. The van der Waals surface area contributed by atoms with Crippen molar-refractivity contribution in [2.24, 2.45) is 17.8 Å². The van der Waals surface area contributed by atoms with E-state index in [0.29, 0.717) is 35.1 Å². The van der Waals surface area contributed by atoms with Crippen molar-refractivity contribution in [3.8, 4) is 22.3 Å². The van der Waals surface area contributed by atoms with Crippen LogP contribution in [-0.4, -0.2) is 0 Å². The number of rotatable bonds is 16. The quantitative estimate of drug-likeness (QED) is 0.0806. The first kappa shape index (κ1) is 37.4. The fourth-order valence-corrected chi connectivity index (χ4v) is 8.70. The van der Waals surface area contributed by atoms with Crippen molar-refractivity contribution in [3.05, 3.63) is 95.1 Å². The molecule has 3 aromatic rings. The van der Waals surface area contributed by atoms with Gasteiger partial charge in [0.15, 0.2) is 23.3 Å². The summed E-state index contributed by atoms with van der Waals surface area (Å²) in [5.41, 5.74) is 2.20. The van der Waals surface area contributed by atoms with Crippen molar-refractivity contribution in [3.63, 3.8) is 0 Å². The normalized spacial score (nSPS) is 21.4. The topological polar surface area (TPSA) is 0 Å². The van der Waals surface area contributed by atoms with Gasteiger partial charge in [0.05, 0.1) is 0 Å². The molecular formula is C45H58F4. The van der Waals surface area contributed by atoms with E-state index in [0.717, 1.165) is 49.9 Å². The lowest BCUT2D eigenvalue weighted by atomic mass is 9.68. The molecule has 0 radical (unpaired) electrons. The maximum atomic E-state index is 15.6. The summed E-state index contributed by atoms with van der Waals surface area (Å²) < 4.78 is 60.9. The van der Waals surface area contributed by atoms with Gasteiger partial charge in [0, 0.05) is 11.1 Å². The molecule has 49 heavy (non-hydrogen) atoms. The fraction of sp³-hybridized carbons (Fsp3) is 0.556. The summed E-state index contributed by atoms with van der Waals surface area (Å²) >= 11 is 0. The minimum atomic E-state index is -0.882. The molecular weight excluding hydrogens is 616 g/mol. The maximum Gasteiger partial charge on any atom is 0.166 e. The standard InChI is InChI=1S/C45H58F4/c1-3-5-7-9-10-11-12-14-32-16-18-33(19-17-32)34-20-22-35(23-21-34)40-30-31-41(45(49)44(40)48)37-26-24-36(25-27-37)39-29-28-38(42(46)43(39)47)15-13-8-6-4-2/h6,8,24-35H,3-5,7,9-23H2,1-2H3/b8-6+. The predicted octanol–water partition coefficient (Wildman–Crippen LogP) is 14.7. The van der Waals surface area contributed by atoms with Gasteiger partial charge in [0.25, 0.3) is 0 Å². The van der Waals surface area contributed by atoms with Gasteiger partial charge in [-0.1, -0.05) is 139 Å². The molecule has 4 heteroatoms. The molecule has 0 atom stereocenters. The zero-order valence-electron chi connectivity index (χ0n) is 30.0. The van der Waals surface area contributed by atoms with Gasteiger partial charge < -0.3 is 0 Å². The van der Waals surface area contributed by atoms with Crippen molar-refractivity contribution in [1.29, 1.82) is 0 Å². The minimum absolute atomic E-state index is 0.0550. The van der Waals surface area contributed by atoms with Crippen LogP contribution in [0.25, 0.3) is 22.3 Å². The average Bonchev–Trinajstić information content (AvgIpc) is 3.13. The Morgan fingerprint density at radius 3 is 1.71 bits per heavy atom. The Kier molecular flexibility index (Phi) is 14.4. The zero-order chi connectivity index (χ0) is 34.6. The van der Waals surface area contributed by atoms with Gasteiger partial charge in [-0.05, 0) is 104 Å². The monoisotopic (exact) mass is 674 g/mol. The molecule has 0 nitrogen and oxygen atoms in total. The molecule has 0 aliphatic heterocycles. The highest BCUT2D eigenvalue weighted by molar-refractivity contribution is 5.71. The van der Waals surface area contributed by atoms with E-state index >= 15 is 13.2 Å². The van der Waals surface area contributed by atoms with Gasteiger partial charge in [-0.2, -0.15) is 0 Å². The van der Waals surface area contributed by atoms with E-state index in [1.165, 1.54) is 77.0 Å². The molecule has 2 aliphatic carbocycles. The number of hydrogen-bond acceptors (Lipinski definition) is 0. The van der Waals surface area contributed by atoms with Gasteiger partial charge in [0.1, 0.15) is 0 Å². The van der Waals surface area contributed by atoms with Gasteiger partial charge in [-0.3, -0.25) is 0 Å². The van der Waals surface area contributed by atoms with Gasteiger partial charge in [-0.25, -0.2) is 17.6 Å². The van der Waals surface area contributed by atoms with Crippen molar-refractivity contribution in [1.82, 2.24) is 0 Å². The van der Waals surface area contributed by atoms with Crippen LogP contribution in [0.2, 0.25) is 0 Å². The summed E-state index contributed by atoms with van der Waals surface area (Å²) in [6, 6.07) is 13.3. The maximum absolute atomic E-state index is 15.6. The van der Waals surface area contributed by atoms with E-state index in [1.807, 2.05) is 19.1 Å². The van der Waals surface area contributed by atoms with E-state index in [2.05, 4.69) is 6.92 Å². The second-order valence-corrected chi connectivity index (χ2v) is 15.0. The first-order valence-electron chi connectivity index (χ1n) is 19.6. The third-order valence-electron chi connectivity index (χ3n) is 11.7. The largest absolute Gasteiger partial charge is 0.203 e. The van der Waals surface area contributed by atoms with Crippen LogP contribution >= 0.6 is 0 Å². The summed E-state index contributed by atoms with van der Waals surface area (Å²) in [6.07, 6.45) is 26.6. The van der Waals surface area contributed by atoms with Crippen molar-refractivity contribution < 1.29 is 17.6 Å². The van der Waals surface area contributed by atoms with Crippen molar-refractivity contribution in [2.45, 2.75) is 142 Å². The van der Waals surface area contributed by atoms with Crippen LogP contribution in [0.15, 0.2) is 60.7 Å². The highest BCUT2D eigenvalue weighted by Gasteiger charge is 2.32. The van der Waals surface area contributed by atoms with E-state index in [4.69, 9.17) is 0 Å². The molecule has 0 amide bonds. The van der Waals surface area contributed by atoms with E-state index in [-0.39, 0.29) is 17.0 Å². The molecule has 0 heterocycles. The molecule has 0 aromatic heterocycles. The Balaban J connectivity index is 1.12. The van der Waals surface area contributed by atoms with Crippen LogP contribution in [0.1, 0.15) is 146 Å². The predicted molar refractivity (Wildman–Crippen MR) is 198 cm³/mol. The molecule has 266 valence electrons. The number of allylic oxidation sites excluding steroid dienone is 2. The number of benzene rings is 3. The zero-order valence-corrected chi connectivity index (χ0v) is 30.0. The molecule has 3 aromatic carbocycles. The molecule has 0 saturated heterocycles. The van der Waals surface area contributed by atoms with Gasteiger partial charge in [-0.15, -0.1) is 0 Å². The summed E-state index contributed by atoms with van der Waals surface area (Å²) in [5, 5.41) is 0. The Morgan fingerprint density at radius 1 is 0.551 bits per heavy atom. The highest BCUT2D eigenvalue weighted by Crippen LogP contribution is 2.45. The second kappa shape index (κ2) is 18.9. The van der Waals surface area contributed by atoms with Crippen LogP contribution in [-0.2, 0) is 6.42 Å². The van der Waals surface area contributed by atoms with Crippen LogP contribution in [0.3, 0.4) is 0 Å². The highest BCUT2D eigenvalue weighted by atomic mass is 19.2. The van der Waals surface area contributed by atoms with Crippen molar-refractivity contribution >= 4 is 0 Å². The summed E-state index contributed by atoms with van der Waals surface area (Å²) in [6.45, 7) is 4.31. The molecule has 2 saturated carbocycles. The molecule has 0 N–H and O–H groups in total. The summed E-state index contributed by atoms with van der Waals surface area (Å²) in [7, 11) is 0. The molecule has 2 fully saturated rings. The molecule has 0 unspecified atom stereocenters. The van der Waals surface area contributed by atoms with Crippen LogP contribution in [0.4, 0.5) is 17.6 Å². The Labute approximate surface area is 293 Å². The minimum Gasteiger partial charge on any atom is -0.203 e. The van der Waals surface area contributed by atoms with Crippen LogP contribution in [0, 0.1) is 41.0 Å². The van der Waals surface area contributed by atoms with Crippen molar-refractivity contribution in [2.75, 3.05) is 0 Å². The Hall–Kier alpha value is -2.88. The van der Waals surface area contributed by atoms with Gasteiger partial charge >= 0.3 is 0 Å². The van der Waals surface area contributed by atoms with E-state index in [1.54, 1.807) is 48.5 Å². The molecule has 0 bridgehead atoms. The molecule has 5 rings (SSSR count). The van der Waals surface area contributed by atoms with Crippen LogP contribution in [0.5, 0.6) is 0 Å². The average molecular weight is 675 g/mol. The van der Waals surface area contributed by atoms with Gasteiger partial charge in [0.2, 0.25) is 0 Å². The number of halogens is 4. The third-order valence-corrected chi connectivity index (χ3v) is 11.7. The van der Waals surface area contributed by atoms with E-state index in [9.17, 15) is 4.39 Å². The second-order valence-electron chi connectivity index (χ2n) is 15.0. The lowest BCUT2D eigenvalue weighted by molar-refractivity contribution is 0.155. The SMILES string of the molecule is CC/C=C/CCc1ccc(-c2ccc(-c3ccc(C4CCC(C5CCC(CCCCCCCCC)CC5)CC4)c(F)c3F)cc2)c(F)c1F. The third kappa shape index (κ3) is 9.89. The Morgan fingerprint density at radius 2 is 1.10 bits per heavy atom. The van der Waals surface area contributed by atoms with Crippen LogP contribution < -0.4 is 0 Å². The lowest BCUT2D eigenvalue weighted by Gasteiger charge is -2.38. The number of unbranched alkanes of at least 4 members (excludes halogenated alkanes) is 6. The first-order valence-corrected chi connectivity index (χ1v) is 19.6. The summed E-state index contributed by atoms with van der Waals surface area (Å²) in [4.78, 5) is 0. The number of aryl methyl sites for hydroxylation is 1. The lowest BCUT2D eigenvalue weighted by Crippen LogP contribution is -2.25. The molecule has 0 spiro atoms. The van der Waals surface area contributed by atoms with E-state index < -0.39 is 23.3 Å². The smallest absolute Gasteiger partial charge is 0.166 e. The summed E-state index contributed by atoms with van der Waals surface area (Å²) in [5.74, 6) is -0.794. The fourth-order valence-electron chi connectivity index (χ4n) is 8.70. The first-order chi connectivity index (χ1) is 23.9. The molecule has 2 aliphatic rings. The Bertz CT molecular complexity index is 1470.